The summed E-state index contributed by atoms with van der Waals surface area (Å²) in [6.07, 6.45) is 1.01. The molecule has 1 aliphatic heterocycles. The van der Waals surface area contributed by atoms with E-state index >= 15 is 0 Å². The molecule has 0 bridgehead atoms. The molecule has 0 saturated heterocycles. The Kier molecular flexibility index (Phi) is 4.01. The predicted molar refractivity (Wildman–Crippen MR) is 96.0 cm³/mol. The lowest BCUT2D eigenvalue weighted by atomic mass is 10.0. The van der Waals surface area contributed by atoms with Crippen LogP contribution in [0.2, 0.25) is 0 Å². The zero-order valence-corrected chi connectivity index (χ0v) is 14.2. The fourth-order valence-corrected chi connectivity index (χ4v) is 3.20. The number of amides is 1. The van der Waals surface area contributed by atoms with Crippen molar-refractivity contribution in [1.82, 2.24) is 4.90 Å². The van der Waals surface area contributed by atoms with E-state index in [0.29, 0.717) is 22.6 Å². The average Bonchev–Trinajstić information content (AvgIpc) is 3.17. The zero-order valence-electron chi connectivity index (χ0n) is 14.2. The third-order valence-corrected chi connectivity index (χ3v) is 4.47. The van der Waals surface area contributed by atoms with Gasteiger partial charge in [0.15, 0.2) is 11.5 Å². The minimum absolute atomic E-state index is 0.00382. The van der Waals surface area contributed by atoms with Crippen LogP contribution in [-0.4, -0.2) is 23.0 Å². The van der Waals surface area contributed by atoms with E-state index in [-0.39, 0.29) is 18.2 Å². The number of methoxy groups -OCH3 is 1. The van der Waals surface area contributed by atoms with E-state index in [1.165, 1.54) is 7.11 Å². The number of nitrogens with zero attached hydrogens (tertiary/aromatic N) is 1. The molecule has 0 saturated carbocycles. The van der Waals surface area contributed by atoms with Gasteiger partial charge in [-0.15, -0.1) is 0 Å². The van der Waals surface area contributed by atoms with E-state index in [0.717, 1.165) is 5.69 Å². The van der Waals surface area contributed by atoms with E-state index in [4.69, 9.17) is 9.15 Å². The number of nitrogens with one attached hydrogen (secondary N) is 1. The first-order chi connectivity index (χ1) is 12.7. The number of hydrogen-bond acceptors (Lipinski definition) is 5. The van der Waals surface area contributed by atoms with E-state index in [1.807, 2.05) is 24.3 Å². The molecular formula is C20H18N2O4. The third-order valence-electron chi connectivity index (χ3n) is 4.47. The van der Waals surface area contributed by atoms with Crippen molar-refractivity contribution < 1.29 is 19.1 Å². The Morgan fingerprint density at radius 1 is 1.15 bits per heavy atom. The molecule has 1 aromatic heterocycles. The Morgan fingerprint density at radius 2 is 2.00 bits per heavy atom. The van der Waals surface area contributed by atoms with Crippen LogP contribution >= 0.6 is 0 Å². The Morgan fingerprint density at radius 3 is 2.77 bits per heavy atom. The predicted octanol–water partition coefficient (Wildman–Crippen LogP) is 3.76. The van der Waals surface area contributed by atoms with E-state index in [9.17, 15) is 9.90 Å². The lowest BCUT2D eigenvalue weighted by Crippen LogP contribution is -2.42. The molecule has 1 atom stereocenters. The molecule has 0 radical (unpaired) electrons. The molecule has 0 spiro atoms. The van der Waals surface area contributed by atoms with Crippen molar-refractivity contribution >= 4 is 11.6 Å². The van der Waals surface area contributed by atoms with Gasteiger partial charge in [0.05, 0.1) is 25.5 Å². The number of rotatable bonds is 4. The normalized spacial score (nSPS) is 16.1. The standard InChI is InChI=1S/C20H18N2O4/c1-25-17-10-4-8-15(18(17)23)19-21-16-9-3-2-7-14(16)20(24)22(19)12-13-6-5-11-26-13/h2-11,19,21,23H,12H2,1H3. The fraction of sp³-hybridized carbons (Fsp3) is 0.150. The van der Waals surface area contributed by atoms with Crippen molar-refractivity contribution in [3.05, 3.63) is 77.7 Å². The van der Waals surface area contributed by atoms with Crippen LogP contribution in [0.15, 0.2) is 65.3 Å². The average molecular weight is 350 g/mol. The Bertz CT molecular complexity index is 937. The summed E-state index contributed by atoms with van der Waals surface area (Å²) in [4.78, 5) is 14.8. The summed E-state index contributed by atoms with van der Waals surface area (Å²) < 4.78 is 10.6. The number of furan rings is 1. The molecule has 6 heteroatoms. The van der Waals surface area contributed by atoms with Gasteiger partial charge in [-0.3, -0.25) is 4.79 Å². The number of para-hydroxylation sites is 2. The van der Waals surface area contributed by atoms with Gasteiger partial charge in [0.1, 0.15) is 11.9 Å². The first kappa shape index (κ1) is 16.1. The van der Waals surface area contributed by atoms with Crippen LogP contribution in [0, 0.1) is 0 Å². The first-order valence-electron chi connectivity index (χ1n) is 8.24. The first-order valence-corrected chi connectivity index (χ1v) is 8.24. The number of anilines is 1. The fourth-order valence-electron chi connectivity index (χ4n) is 3.20. The summed E-state index contributed by atoms with van der Waals surface area (Å²) in [6.45, 7) is 0.272. The zero-order chi connectivity index (χ0) is 18.1. The Balaban J connectivity index is 1.81. The molecule has 132 valence electrons. The van der Waals surface area contributed by atoms with Gasteiger partial charge in [0, 0.05) is 11.3 Å². The molecule has 2 aromatic carbocycles. The second-order valence-corrected chi connectivity index (χ2v) is 6.00. The Labute approximate surface area is 150 Å². The van der Waals surface area contributed by atoms with Gasteiger partial charge < -0.3 is 24.5 Å². The smallest absolute Gasteiger partial charge is 0.258 e. The van der Waals surface area contributed by atoms with E-state index in [1.54, 1.807) is 41.5 Å². The highest BCUT2D eigenvalue weighted by atomic mass is 16.5. The molecule has 1 aliphatic rings. The molecule has 1 unspecified atom stereocenters. The van der Waals surface area contributed by atoms with Crippen molar-refractivity contribution in [1.29, 1.82) is 0 Å². The number of fused-ring (bicyclic) bond motifs is 1. The van der Waals surface area contributed by atoms with Crippen LogP contribution in [0.1, 0.15) is 27.8 Å². The summed E-state index contributed by atoms with van der Waals surface area (Å²) in [6, 6.07) is 16.1. The summed E-state index contributed by atoms with van der Waals surface area (Å²) >= 11 is 0. The Hall–Kier alpha value is -3.41. The number of ether oxygens (including phenoxy) is 1. The summed E-state index contributed by atoms with van der Waals surface area (Å²) in [7, 11) is 1.49. The monoisotopic (exact) mass is 350 g/mol. The highest BCUT2D eigenvalue weighted by molar-refractivity contribution is 6.01. The van der Waals surface area contributed by atoms with Gasteiger partial charge in [-0.25, -0.2) is 0 Å². The molecule has 0 aliphatic carbocycles. The summed E-state index contributed by atoms with van der Waals surface area (Å²) in [5.41, 5.74) is 1.86. The van der Waals surface area contributed by atoms with Gasteiger partial charge in [-0.1, -0.05) is 24.3 Å². The van der Waals surface area contributed by atoms with Crippen molar-refractivity contribution in [2.45, 2.75) is 12.7 Å². The number of phenolic OH excluding ortho intramolecular Hbond substituents is 1. The topological polar surface area (TPSA) is 74.9 Å². The van der Waals surface area contributed by atoms with E-state index < -0.39 is 6.17 Å². The number of phenols is 1. The van der Waals surface area contributed by atoms with Crippen molar-refractivity contribution in [2.24, 2.45) is 0 Å². The van der Waals surface area contributed by atoms with Crippen LogP contribution < -0.4 is 10.1 Å². The highest BCUT2D eigenvalue weighted by Gasteiger charge is 2.35. The minimum Gasteiger partial charge on any atom is -0.504 e. The van der Waals surface area contributed by atoms with Gasteiger partial charge in [-0.2, -0.15) is 0 Å². The van der Waals surface area contributed by atoms with E-state index in [2.05, 4.69) is 5.32 Å². The molecule has 2 N–H and O–H groups in total. The van der Waals surface area contributed by atoms with Gasteiger partial charge in [-0.05, 0) is 30.3 Å². The van der Waals surface area contributed by atoms with Crippen LogP contribution in [0.4, 0.5) is 5.69 Å². The van der Waals surface area contributed by atoms with Gasteiger partial charge >= 0.3 is 0 Å². The highest BCUT2D eigenvalue weighted by Crippen LogP contribution is 2.40. The number of benzene rings is 2. The van der Waals surface area contributed by atoms with Crippen molar-refractivity contribution in [3.8, 4) is 11.5 Å². The van der Waals surface area contributed by atoms with Crippen LogP contribution in [0.3, 0.4) is 0 Å². The van der Waals surface area contributed by atoms with Crippen LogP contribution in [-0.2, 0) is 6.54 Å². The minimum atomic E-state index is -0.558. The second kappa shape index (κ2) is 6.48. The maximum atomic E-state index is 13.1. The largest absolute Gasteiger partial charge is 0.504 e. The summed E-state index contributed by atoms with van der Waals surface area (Å²) in [5.74, 6) is 0.882. The van der Waals surface area contributed by atoms with Crippen LogP contribution in [0.5, 0.6) is 11.5 Å². The van der Waals surface area contributed by atoms with Gasteiger partial charge in [0.2, 0.25) is 0 Å². The molecule has 0 fully saturated rings. The molecule has 2 heterocycles. The van der Waals surface area contributed by atoms with Crippen LogP contribution in [0.25, 0.3) is 0 Å². The molecule has 4 rings (SSSR count). The van der Waals surface area contributed by atoms with Gasteiger partial charge in [0.25, 0.3) is 5.91 Å². The maximum absolute atomic E-state index is 13.1. The molecule has 26 heavy (non-hydrogen) atoms. The number of carbonyl (C=O) groups is 1. The third kappa shape index (κ3) is 2.65. The second-order valence-electron chi connectivity index (χ2n) is 6.00. The maximum Gasteiger partial charge on any atom is 0.258 e. The number of hydrogen-bond donors (Lipinski definition) is 2. The lowest BCUT2D eigenvalue weighted by molar-refractivity contribution is 0.0649. The molecule has 1 amide bonds. The quantitative estimate of drug-likeness (QED) is 0.749. The number of carbonyl (C=O) groups excluding carboxylic acids is 1. The number of aromatic hydroxyl groups is 1. The van der Waals surface area contributed by atoms with Crippen molar-refractivity contribution in [3.63, 3.8) is 0 Å². The molecular weight excluding hydrogens is 332 g/mol. The molecule has 6 nitrogen and oxygen atoms in total. The lowest BCUT2D eigenvalue weighted by Gasteiger charge is -2.38. The summed E-state index contributed by atoms with van der Waals surface area (Å²) in [5, 5.41) is 13.9. The molecule has 3 aromatic rings. The SMILES string of the molecule is COc1cccc(C2Nc3ccccc3C(=O)N2Cc2ccco2)c1O. The van der Waals surface area contributed by atoms with Crippen molar-refractivity contribution in [2.75, 3.05) is 12.4 Å².